The van der Waals surface area contributed by atoms with Crippen molar-refractivity contribution in [1.29, 1.82) is 0 Å². The van der Waals surface area contributed by atoms with Crippen molar-refractivity contribution in [2.24, 2.45) is 5.92 Å². The van der Waals surface area contributed by atoms with Crippen molar-refractivity contribution in [3.05, 3.63) is 35.5 Å². The van der Waals surface area contributed by atoms with Crippen molar-refractivity contribution in [3.8, 4) is 11.3 Å². The fourth-order valence-electron chi connectivity index (χ4n) is 3.23. The molecule has 134 valence electrons. The summed E-state index contributed by atoms with van der Waals surface area (Å²) in [6.45, 7) is 3.98. The quantitative estimate of drug-likeness (QED) is 0.827. The van der Waals surface area contributed by atoms with E-state index in [-0.39, 0.29) is 29.7 Å². The molecule has 1 aliphatic carbocycles. The molecule has 2 N–H and O–H groups in total. The Hall–Kier alpha value is -1.95. The molecule has 1 aromatic heterocycles. The minimum absolute atomic E-state index is 0.0742. The lowest BCUT2D eigenvalue weighted by molar-refractivity contribution is -0.126. The number of rotatable bonds is 5. The average molecular weight is 361 g/mol. The van der Waals surface area contributed by atoms with E-state index < -0.39 is 0 Å². The lowest BCUT2D eigenvalue weighted by Gasteiger charge is -2.29. The van der Waals surface area contributed by atoms with Crippen LogP contribution in [0.15, 0.2) is 29.6 Å². The number of carbonyl (C=O) groups excluding carboxylic acids is 1. The molecule has 1 aromatic carbocycles. The Labute approximate surface area is 151 Å². The van der Waals surface area contributed by atoms with Gasteiger partial charge in [-0.05, 0) is 57.4 Å². The molecular formula is C19H24FN3OS. The molecule has 4 nitrogen and oxygen atoms in total. The highest BCUT2D eigenvalue weighted by Gasteiger charge is 2.27. The van der Waals surface area contributed by atoms with Crippen molar-refractivity contribution in [2.75, 3.05) is 5.32 Å². The highest BCUT2D eigenvalue weighted by molar-refractivity contribution is 7.14. The van der Waals surface area contributed by atoms with Crippen molar-refractivity contribution < 1.29 is 9.18 Å². The van der Waals surface area contributed by atoms with Gasteiger partial charge in [-0.3, -0.25) is 4.79 Å². The maximum absolute atomic E-state index is 13.0. The summed E-state index contributed by atoms with van der Waals surface area (Å²) in [6, 6.07) is 6.81. The van der Waals surface area contributed by atoms with E-state index in [1.807, 2.05) is 19.2 Å². The number of thiazole rings is 1. The number of benzene rings is 1. The summed E-state index contributed by atoms with van der Waals surface area (Å²) in [6.07, 6.45) is 3.89. The van der Waals surface area contributed by atoms with Gasteiger partial charge in [0.15, 0.2) is 5.13 Å². The maximum Gasteiger partial charge on any atom is 0.223 e. The Morgan fingerprint density at radius 2 is 2.04 bits per heavy atom. The second-order valence-electron chi connectivity index (χ2n) is 6.91. The van der Waals surface area contributed by atoms with E-state index in [1.165, 1.54) is 12.1 Å². The summed E-state index contributed by atoms with van der Waals surface area (Å²) in [5.74, 6) is -0.0110. The third-order valence-electron chi connectivity index (χ3n) is 4.45. The number of halogens is 1. The molecule has 1 amide bonds. The Morgan fingerprint density at radius 3 is 2.76 bits per heavy atom. The lowest BCUT2D eigenvalue weighted by Crippen LogP contribution is -2.40. The number of hydrogen-bond acceptors (Lipinski definition) is 4. The van der Waals surface area contributed by atoms with Crippen LogP contribution in [0.25, 0.3) is 11.3 Å². The van der Waals surface area contributed by atoms with Crippen molar-refractivity contribution in [1.82, 2.24) is 10.3 Å². The molecule has 0 spiro atoms. The van der Waals surface area contributed by atoms with Crippen molar-refractivity contribution >= 4 is 22.4 Å². The Balaban J connectivity index is 1.60. The third kappa shape index (κ3) is 4.78. The molecule has 25 heavy (non-hydrogen) atoms. The molecule has 2 unspecified atom stereocenters. The van der Waals surface area contributed by atoms with Crippen LogP contribution in [-0.2, 0) is 4.79 Å². The molecular weight excluding hydrogens is 337 g/mol. The zero-order valence-electron chi connectivity index (χ0n) is 14.6. The van der Waals surface area contributed by atoms with Gasteiger partial charge in [0, 0.05) is 28.9 Å². The number of nitrogens with one attached hydrogen (secondary N) is 2. The highest BCUT2D eigenvalue weighted by atomic mass is 32.1. The van der Waals surface area contributed by atoms with Crippen LogP contribution in [0, 0.1) is 11.7 Å². The van der Waals surface area contributed by atoms with Gasteiger partial charge in [-0.15, -0.1) is 11.3 Å². The van der Waals surface area contributed by atoms with E-state index in [0.717, 1.165) is 42.1 Å². The number of anilines is 1. The van der Waals surface area contributed by atoms with Crippen LogP contribution in [0.2, 0.25) is 0 Å². The fraction of sp³-hybridized carbons (Fsp3) is 0.474. The average Bonchev–Trinajstić information content (AvgIpc) is 3.03. The zero-order chi connectivity index (χ0) is 17.8. The van der Waals surface area contributed by atoms with E-state index in [0.29, 0.717) is 0 Å². The van der Waals surface area contributed by atoms with Crippen LogP contribution >= 0.6 is 11.3 Å². The first-order chi connectivity index (χ1) is 12.0. The summed E-state index contributed by atoms with van der Waals surface area (Å²) in [5.41, 5.74) is 1.75. The molecule has 1 fully saturated rings. The molecule has 0 saturated heterocycles. The van der Waals surface area contributed by atoms with Crippen molar-refractivity contribution in [3.63, 3.8) is 0 Å². The molecule has 2 aromatic rings. The van der Waals surface area contributed by atoms with Crippen LogP contribution in [0.5, 0.6) is 0 Å². The van der Waals surface area contributed by atoms with Gasteiger partial charge in [0.05, 0.1) is 5.69 Å². The van der Waals surface area contributed by atoms with E-state index in [9.17, 15) is 9.18 Å². The summed E-state index contributed by atoms with van der Waals surface area (Å²) in [4.78, 5) is 16.8. The van der Waals surface area contributed by atoms with Gasteiger partial charge in [0.1, 0.15) is 5.82 Å². The second-order valence-corrected chi connectivity index (χ2v) is 7.77. The largest absolute Gasteiger partial charge is 0.359 e. The first-order valence-corrected chi connectivity index (χ1v) is 9.67. The topological polar surface area (TPSA) is 54.0 Å². The lowest BCUT2D eigenvalue weighted by atomic mass is 9.85. The number of hydrogen-bond donors (Lipinski definition) is 2. The van der Waals surface area contributed by atoms with Crippen molar-refractivity contribution in [2.45, 2.75) is 51.6 Å². The van der Waals surface area contributed by atoms with E-state index in [4.69, 9.17) is 0 Å². The maximum atomic E-state index is 13.0. The summed E-state index contributed by atoms with van der Waals surface area (Å²) < 4.78 is 13.0. The Morgan fingerprint density at radius 1 is 1.28 bits per heavy atom. The van der Waals surface area contributed by atoms with Gasteiger partial charge in [0.2, 0.25) is 5.91 Å². The molecule has 1 aliphatic rings. The third-order valence-corrected chi connectivity index (χ3v) is 5.22. The molecule has 0 aliphatic heterocycles. The zero-order valence-corrected chi connectivity index (χ0v) is 15.4. The smallest absolute Gasteiger partial charge is 0.223 e. The number of nitrogens with zero attached hydrogens (tertiary/aromatic N) is 1. The van der Waals surface area contributed by atoms with Crippen LogP contribution in [0.1, 0.15) is 39.5 Å². The first-order valence-electron chi connectivity index (χ1n) is 8.79. The molecule has 1 heterocycles. The standard InChI is InChI=1S/C19H24FN3OS/c1-12(2)21-18(24)14-4-3-5-16(10-14)22-19-23-17(11-25-19)13-6-8-15(20)9-7-13/h6-9,11-12,14,16H,3-5,10H2,1-2H3,(H,21,24)(H,22,23). The van der Waals surface area contributed by atoms with Crippen LogP contribution in [-0.4, -0.2) is 23.0 Å². The summed E-state index contributed by atoms with van der Waals surface area (Å²) >= 11 is 1.55. The van der Waals surface area contributed by atoms with Gasteiger partial charge in [0.25, 0.3) is 0 Å². The minimum atomic E-state index is -0.245. The summed E-state index contributed by atoms with van der Waals surface area (Å²) in [5, 5.41) is 9.32. The monoisotopic (exact) mass is 361 g/mol. The van der Waals surface area contributed by atoms with Gasteiger partial charge in [-0.1, -0.05) is 6.42 Å². The molecule has 1 saturated carbocycles. The van der Waals surface area contributed by atoms with Crippen LogP contribution < -0.4 is 10.6 Å². The van der Waals surface area contributed by atoms with E-state index >= 15 is 0 Å². The summed E-state index contributed by atoms with van der Waals surface area (Å²) in [7, 11) is 0. The van der Waals surface area contributed by atoms with E-state index in [2.05, 4.69) is 15.6 Å². The number of aromatic nitrogens is 1. The predicted octanol–water partition coefficient (Wildman–Crippen LogP) is 4.44. The highest BCUT2D eigenvalue weighted by Crippen LogP contribution is 2.30. The van der Waals surface area contributed by atoms with Gasteiger partial charge in [-0.25, -0.2) is 9.37 Å². The molecule has 0 bridgehead atoms. The molecule has 3 rings (SSSR count). The molecule has 6 heteroatoms. The van der Waals surface area contributed by atoms with Gasteiger partial charge < -0.3 is 10.6 Å². The van der Waals surface area contributed by atoms with Gasteiger partial charge in [-0.2, -0.15) is 0 Å². The fourth-order valence-corrected chi connectivity index (χ4v) is 4.03. The molecule has 0 radical (unpaired) electrons. The second kappa shape index (κ2) is 7.95. The number of amides is 1. The Bertz CT molecular complexity index is 714. The van der Waals surface area contributed by atoms with Crippen LogP contribution in [0.3, 0.4) is 0 Å². The normalized spacial score (nSPS) is 20.5. The molecule has 2 atom stereocenters. The predicted molar refractivity (Wildman–Crippen MR) is 100 cm³/mol. The SMILES string of the molecule is CC(C)NC(=O)C1CCCC(Nc2nc(-c3ccc(F)cc3)cs2)C1. The number of carbonyl (C=O) groups is 1. The van der Waals surface area contributed by atoms with Crippen LogP contribution in [0.4, 0.5) is 9.52 Å². The Kier molecular flexibility index (Phi) is 5.68. The first kappa shape index (κ1) is 17.9. The van der Waals surface area contributed by atoms with E-state index in [1.54, 1.807) is 23.5 Å². The minimum Gasteiger partial charge on any atom is -0.359 e. The van der Waals surface area contributed by atoms with Gasteiger partial charge >= 0.3 is 0 Å².